The van der Waals surface area contributed by atoms with E-state index in [9.17, 15) is 4.79 Å². The number of carbonyl (C=O) groups excluding carboxylic acids is 1. The zero-order valence-corrected chi connectivity index (χ0v) is 12.5. The number of nitrogens with one attached hydrogen (secondary N) is 1. The van der Waals surface area contributed by atoms with Crippen LogP contribution in [-0.2, 0) is 11.2 Å². The molecule has 100 valence electrons. The Kier molecular flexibility index (Phi) is 2.90. The predicted octanol–water partition coefficient (Wildman–Crippen LogP) is 3.13. The summed E-state index contributed by atoms with van der Waals surface area (Å²) in [6.45, 7) is 4.18. The number of aromatic amines is 1. The first-order valence-corrected chi connectivity index (χ1v) is 7.16. The fourth-order valence-electron chi connectivity index (χ4n) is 3.20. The summed E-state index contributed by atoms with van der Waals surface area (Å²) >= 11 is 0. The third-order valence-corrected chi connectivity index (χ3v) is 4.97. The van der Waals surface area contributed by atoms with Gasteiger partial charge in [0.2, 0.25) is 5.91 Å². The lowest BCUT2D eigenvalue weighted by atomic mass is 9.81. The molecule has 19 heavy (non-hydrogen) atoms. The minimum absolute atomic E-state index is 0.232. The summed E-state index contributed by atoms with van der Waals surface area (Å²) in [5, 5.41) is 1.23. The lowest BCUT2D eigenvalue weighted by Crippen LogP contribution is -2.29. The Bertz CT molecular complexity index is 636. The largest absolute Gasteiger partial charge is 0.361 e. The Hall–Kier alpha value is -1.34. The summed E-state index contributed by atoms with van der Waals surface area (Å²) in [6, 6.07) is 8.56. The van der Waals surface area contributed by atoms with E-state index in [4.69, 9.17) is 0 Å². The van der Waals surface area contributed by atoms with Crippen molar-refractivity contribution in [1.82, 2.24) is 9.65 Å². The molecule has 0 saturated carbocycles. The molecule has 1 saturated heterocycles. The molecule has 3 rings (SSSR count). The van der Waals surface area contributed by atoms with Crippen LogP contribution in [0.25, 0.3) is 10.9 Å². The SMILES string of the molecule is C[C@H]1C[C@](C)(Cc2c[nH]c3ccccc23)C(=O)N1P. The van der Waals surface area contributed by atoms with E-state index in [1.54, 1.807) is 4.67 Å². The Morgan fingerprint density at radius 3 is 2.89 bits per heavy atom. The maximum atomic E-state index is 12.4. The van der Waals surface area contributed by atoms with Crippen molar-refractivity contribution in [2.75, 3.05) is 0 Å². The van der Waals surface area contributed by atoms with Gasteiger partial charge in [-0.25, -0.2) is 0 Å². The van der Waals surface area contributed by atoms with E-state index in [0.717, 1.165) is 18.4 Å². The highest BCUT2D eigenvalue weighted by Crippen LogP contribution is 2.41. The molecule has 1 N–H and O–H groups in total. The van der Waals surface area contributed by atoms with Crippen molar-refractivity contribution in [3.8, 4) is 0 Å². The second kappa shape index (κ2) is 4.35. The molecule has 4 heteroatoms. The Labute approximate surface area is 115 Å². The molecule has 1 amide bonds. The number of H-pyrrole nitrogens is 1. The van der Waals surface area contributed by atoms with Crippen LogP contribution in [0.2, 0.25) is 0 Å². The van der Waals surface area contributed by atoms with Crippen LogP contribution in [0.3, 0.4) is 0 Å². The molecule has 1 fully saturated rings. The predicted molar refractivity (Wildman–Crippen MR) is 80.7 cm³/mol. The third-order valence-electron chi connectivity index (χ3n) is 4.23. The van der Waals surface area contributed by atoms with Gasteiger partial charge in [-0.15, -0.1) is 0 Å². The van der Waals surface area contributed by atoms with Gasteiger partial charge in [0.1, 0.15) is 0 Å². The molecule has 0 spiro atoms. The molecule has 3 atom stereocenters. The highest BCUT2D eigenvalue weighted by atomic mass is 31.0. The van der Waals surface area contributed by atoms with E-state index in [1.807, 2.05) is 18.3 Å². The summed E-state index contributed by atoms with van der Waals surface area (Å²) in [4.78, 5) is 15.7. The molecule has 1 aromatic heterocycles. The molecule has 3 nitrogen and oxygen atoms in total. The Morgan fingerprint density at radius 1 is 1.47 bits per heavy atom. The van der Waals surface area contributed by atoms with E-state index in [1.165, 1.54) is 10.9 Å². The molecule has 1 aromatic carbocycles. The lowest BCUT2D eigenvalue weighted by Gasteiger charge is -2.21. The highest BCUT2D eigenvalue weighted by molar-refractivity contribution is 7.14. The normalized spacial score (nSPS) is 27.4. The minimum atomic E-state index is -0.286. The van der Waals surface area contributed by atoms with Gasteiger partial charge in [-0.2, -0.15) is 0 Å². The van der Waals surface area contributed by atoms with E-state index < -0.39 is 0 Å². The van der Waals surface area contributed by atoms with Crippen LogP contribution in [0.4, 0.5) is 0 Å². The summed E-state index contributed by atoms with van der Waals surface area (Å²) in [5.41, 5.74) is 2.09. The number of aromatic nitrogens is 1. The van der Waals surface area contributed by atoms with Crippen molar-refractivity contribution < 1.29 is 4.79 Å². The van der Waals surface area contributed by atoms with Gasteiger partial charge >= 0.3 is 0 Å². The quantitative estimate of drug-likeness (QED) is 0.839. The second-order valence-electron chi connectivity index (χ2n) is 5.86. The molecule has 0 aliphatic carbocycles. The van der Waals surface area contributed by atoms with Crippen LogP contribution >= 0.6 is 9.39 Å². The van der Waals surface area contributed by atoms with Crippen molar-refractivity contribution in [3.63, 3.8) is 0 Å². The average molecular weight is 274 g/mol. The smallest absolute Gasteiger partial charge is 0.231 e. The Balaban J connectivity index is 1.95. The van der Waals surface area contributed by atoms with Gasteiger partial charge in [-0.05, 0) is 40.8 Å². The van der Waals surface area contributed by atoms with Gasteiger partial charge < -0.3 is 9.65 Å². The van der Waals surface area contributed by atoms with Gasteiger partial charge in [0.25, 0.3) is 0 Å². The summed E-state index contributed by atoms with van der Waals surface area (Å²) in [7, 11) is 2.56. The van der Waals surface area contributed by atoms with Crippen LogP contribution in [0.5, 0.6) is 0 Å². The van der Waals surface area contributed by atoms with Crippen LogP contribution in [0, 0.1) is 5.41 Å². The minimum Gasteiger partial charge on any atom is -0.361 e. The van der Waals surface area contributed by atoms with Crippen LogP contribution in [-0.4, -0.2) is 21.6 Å². The number of benzene rings is 1. The van der Waals surface area contributed by atoms with Gasteiger partial charge in [-0.3, -0.25) is 4.79 Å². The summed E-state index contributed by atoms with van der Waals surface area (Å²) in [5.74, 6) is 0.232. The third kappa shape index (κ3) is 1.97. The molecule has 0 radical (unpaired) electrons. The van der Waals surface area contributed by atoms with E-state index >= 15 is 0 Å². The molecule has 2 aromatic rings. The Morgan fingerprint density at radius 2 is 2.21 bits per heavy atom. The molecule has 2 heterocycles. The first kappa shape index (κ1) is 12.7. The first-order chi connectivity index (χ1) is 9.01. The van der Waals surface area contributed by atoms with Crippen molar-refractivity contribution >= 4 is 26.2 Å². The number of carbonyl (C=O) groups is 1. The second-order valence-corrected chi connectivity index (χ2v) is 6.42. The van der Waals surface area contributed by atoms with Crippen molar-refractivity contribution in [3.05, 3.63) is 36.0 Å². The standard InChI is InChI=1S/C15H19N2OP/c1-10-7-15(2,14(18)17(10)19)8-11-9-16-13-6-4-3-5-12(11)13/h3-6,9-10,16H,7-8,19H2,1-2H3/t10-,15+/m0/s1. The van der Waals surface area contributed by atoms with Gasteiger partial charge in [0, 0.05) is 23.1 Å². The molecule has 1 aliphatic heterocycles. The van der Waals surface area contributed by atoms with Crippen molar-refractivity contribution in [2.45, 2.75) is 32.7 Å². The topological polar surface area (TPSA) is 36.1 Å². The monoisotopic (exact) mass is 274 g/mol. The highest BCUT2D eigenvalue weighted by Gasteiger charge is 2.45. The summed E-state index contributed by atoms with van der Waals surface area (Å²) < 4.78 is 1.80. The number of nitrogens with zero attached hydrogens (tertiary/aromatic N) is 1. The number of rotatable bonds is 2. The van der Waals surface area contributed by atoms with Gasteiger partial charge in [0.05, 0.1) is 5.41 Å². The van der Waals surface area contributed by atoms with Crippen LogP contribution < -0.4 is 0 Å². The zero-order chi connectivity index (χ0) is 13.6. The fourth-order valence-corrected chi connectivity index (χ4v) is 3.61. The summed E-state index contributed by atoms with van der Waals surface area (Å²) in [6.07, 6.45) is 3.75. The van der Waals surface area contributed by atoms with Crippen molar-refractivity contribution in [1.29, 1.82) is 0 Å². The molecule has 1 aliphatic rings. The van der Waals surface area contributed by atoms with Gasteiger partial charge in [0.15, 0.2) is 0 Å². The van der Waals surface area contributed by atoms with Crippen LogP contribution in [0.15, 0.2) is 30.5 Å². The molecule has 0 bridgehead atoms. The number of hydrogen-bond donors (Lipinski definition) is 1. The van der Waals surface area contributed by atoms with E-state index in [2.05, 4.69) is 40.4 Å². The number of hydrogen-bond acceptors (Lipinski definition) is 1. The molecular weight excluding hydrogens is 255 g/mol. The zero-order valence-electron chi connectivity index (χ0n) is 11.3. The van der Waals surface area contributed by atoms with Crippen LogP contribution in [0.1, 0.15) is 25.8 Å². The first-order valence-electron chi connectivity index (χ1n) is 6.65. The molecular formula is C15H19N2OP. The number of para-hydroxylation sites is 1. The van der Waals surface area contributed by atoms with Gasteiger partial charge in [-0.1, -0.05) is 25.1 Å². The lowest BCUT2D eigenvalue weighted by molar-refractivity contribution is -0.131. The average Bonchev–Trinajstić information content (AvgIpc) is 2.87. The maximum Gasteiger partial charge on any atom is 0.231 e. The number of fused-ring (bicyclic) bond motifs is 1. The fraction of sp³-hybridized carbons (Fsp3) is 0.400. The number of amides is 1. The maximum absolute atomic E-state index is 12.4. The van der Waals surface area contributed by atoms with E-state index in [0.29, 0.717) is 6.04 Å². The van der Waals surface area contributed by atoms with E-state index in [-0.39, 0.29) is 11.3 Å². The van der Waals surface area contributed by atoms with Crippen molar-refractivity contribution in [2.24, 2.45) is 5.41 Å². The molecule has 1 unspecified atom stereocenters.